The third-order valence-electron chi connectivity index (χ3n) is 3.99. The number of likely N-dealkylation sites (tertiary alicyclic amines) is 1. The van der Waals surface area contributed by atoms with Crippen LogP contribution in [0.4, 0.5) is 0 Å². The highest BCUT2D eigenvalue weighted by molar-refractivity contribution is 6.30. The zero-order valence-electron chi connectivity index (χ0n) is 13.1. The van der Waals surface area contributed by atoms with E-state index in [1.807, 2.05) is 18.7 Å². The van der Waals surface area contributed by atoms with Crippen LogP contribution in [0.2, 0.25) is 5.02 Å². The normalized spacial score (nSPS) is 18.4. The van der Waals surface area contributed by atoms with Crippen LogP contribution in [0.5, 0.6) is 0 Å². The number of carbonyl (C=O) groups is 2. The molecule has 0 unspecified atom stereocenters. The molecule has 1 aromatic rings. The van der Waals surface area contributed by atoms with E-state index in [9.17, 15) is 9.59 Å². The van der Waals surface area contributed by atoms with E-state index in [-0.39, 0.29) is 17.7 Å². The molecule has 0 bridgehead atoms. The van der Waals surface area contributed by atoms with Crippen LogP contribution < -0.4 is 5.32 Å². The van der Waals surface area contributed by atoms with Gasteiger partial charge in [-0.15, -0.1) is 0 Å². The summed E-state index contributed by atoms with van der Waals surface area (Å²) in [7, 11) is 0. The highest BCUT2D eigenvalue weighted by Crippen LogP contribution is 2.19. The van der Waals surface area contributed by atoms with Gasteiger partial charge in [-0.05, 0) is 43.0 Å². The number of hydrogen-bond acceptors (Lipinski definition) is 2. The lowest BCUT2D eigenvalue weighted by Gasteiger charge is -2.33. The molecular weight excluding hydrogens is 300 g/mol. The van der Waals surface area contributed by atoms with Gasteiger partial charge in [0.15, 0.2) is 0 Å². The fourth-order valence-corrected chi connectivity index (χ4v) is 2.77. The Balaban J connectivity index is 1.91. The molecule has 2 amide bonds. The van der Waals surface area contributed by atoms with Gasteiger partial charge in [0.2, 0.25) is 5.91 Å². The Bertz CT molecular complexity index is 528. The second-order valence-corrected chi connectivity index (χ2v) is 6.60. The van der Waals surface area contributed by atoms with Crippen LogP contribution in [-0.2, 0) is 4.79 Å². The van der Waals surface area contributed by atoms with Crippen LogP contribution in [-0.4, -0.2) is 36.3 Å². The Morgan fingerprint density at radius 2 is 2.00 bits per heavy atom. The molecule has 0 aromatic heterocycles. The standard InChI is InChI=1S/C17H23ClN2O2/c1-12(2)16(21)19-10-13-4-3-9-20(11-13)17(22)14-5-7-15(18)8-6-14/h5-8,12-13H,3-4,9-11H2,1-2H3,(H,19,21)/t13-/m0/s1. The number of piperidine rings is 1. The minimum atomic E-state index is -0.00427. The lowest BCUT2D eigenvalue weighted by Crippen LogP contribution is -2.44. The molecule has 1 N–H and O–H groups in total. The molecule has 0 spiro atoms. The third kappa shape index (κ3) is 4.47. The summed E-state index contributed by atoms with van der Waals surface area (Å²) < 4.78 is 0. The first-order chi connectivity index (χ1) is 10.5. The minimum Gasteiger partial charge on any atom is -0.356 e. The van der Waals surface area contributed by atoms with Crippen LogP contribution in [0.15, 0.2) is 24.3 Å². The first-order valence-electron chi connectivity index (χ1n) is 7.80. The van der Waals surface area contributed by atoms with Crippen LogP contribution in [0.25, 0.3) is 0 Å². The van der Waals surface area contributed by atoms with Gasteiger partial charge >= 0.3 is 0 Å². The molecular formula is C17H23ClN2O2. The molecule has 2 rings (SSSR count). The van der Waals surface area contributed by atoms with Crippen LogP contribution in [0.1, 0.15) is 37.0 Å². The predicted octanol–water partition coefficient (Wildman–Crippen LogP) is 2.96. The van der Waals surface area contributed by atoms with Crippen molar-refractivity contribution in [2.45, 2.75) is 26.7 Å². The molecule has 4 nitrogen and oxygen atoms in total. The predicted molar refractivity (Wildman–Crippen MR) is 87.9 cm³/mol. The van der Waals surface area contributed by atoms with E-state index in [1.165, 1.54) is 0 Å². The van der Waals surface area contributed by atoms with Gasteiger partial charge in [0, 0.05) is 36.1 Å². The number of hydrogen-bond donors (Lipinski definition) is 1. The van der Waals surface area contributed by atoms with Gasteiger partial charge in [0.25, 0.3) is 5.91 Å². The summed E-state index contributed by atoms with van der Waals surface area (Å²) in [4.78, 5) is 26.0. The van der Waals surface area contributed by atoms with Crippen molar-refractivity contribution in [1.29, 1.82) is 0 Å². The fraction of sp³-hybridized carbons (Fsp3) is 0.529. The van der Waals surface area contributed by atoms with Gasteiger partial charge < -0.3 is 10.2 Å². The van der Waals surface area contributed by atoms with Crippen molar-refractivity contribution in [3.63, 3.8) is 0 Å². The largest absolute Gasteiger partial charge is 0.356 e. The van der Waals surface area contributed by atoms with Crippen molar-refractivity contribution >= 4 is 23.4 Å². The van der Waals surface area contributed by atoms with Crippen molar-refractivity contribution in [2.24, 2.45) is 11.8 Å². The molecule has 1 saturated heterocycles. The number of carbonyl (C=O) groups excluding carboxylic acids is 2. The minimum absolute atomic E-state index is 0.00427. The maximum atomic E-state index is 12.5. The number of nitrogens with one attached hydrogen (secondary N) is 1. The first-order valence-corrected chi connectivity index (χ1v) is 8.17. The van der Waals surface area contributed by atoms with E-state index in [0.717, 1.165) is 19.4 Å². The quantitative estimate of drug-likeness (QED) is 0.926. The SMILES string of the molecule is CC(C)C(=O)NC[C@@H]1CCCN(C(=O)c2ccc(Cl)cc2)C1. The molecule has 1 aliphatic rings. The van der Waals surface area contributed by atoms with E-state index >= 15 is 0 Å². The average Bonchev–Trinajstić information content (AvgIpc) is 2.52. The zero-order valence-corrected chi connectivity index (χ0v) is 13.9. The van der Waals surface area contributed by atoms with Crippen molar-refractivity contribution in [3.8, 4) is 0 Å². The van der Waals surface area contributed by atoms with Crippen LogP contribution in [0, 0.1) is 11.8 Å². The molecule has 120 valence electrons. The maximum absolute atomic E-state index is 12.5. The number of benzene rings is 1. The smallest absolute Gasteiger partial charge is 0.253 e. The van der Waals surface area contributed by atoms with Crippen LogP contribution >= 0.6 is 11.6 Å². The lowest BCUT2D eigenvalue weighted by atomic mass is 9.97. The molecule has 22 heavy (non-hydrogen) atoms. The van der Waals surface area contributed by atoms with Gasteiger partial charge in [-0.3, -0.25) is 9.59 Å². The molecule has 1 fully saturated rings. The number of nitrogens with zero attached hydrogens (tertiary/aromatic N) is 1. The molecule has 1 heterocycles. The zero-order chi connectivity index (χ0) is 16.1. The van der Waals surface area contributed by atoms with Crippen molar-refractivity contribution in [3.05, 3.63) is 34.9 Å². The summed E-state index contributed by atoms with van der Waals surface area (Å²) in [6, 6.07) is 6.99. The van der Waals surface area contributed by atoms with E-state index in [4.69, 9.17) is 11.6 Å². The maximum Gasteiger partial charge on any atom is 0.253 e. The highest BCUT2D eigenvalue weighted by atomic mass is 35.5. The van der Waals surface area contributed by atoms with Gasteiger partial charge in [0.1, 0.15) is 0 Å². The van der Waals surface area contributed by atoms with Gasteiger partial charge in [-0.2, -0.15) is 0 Å². The second kappa shape index (κ2) is 7.63. The van der Waals surface area contributed by atoms with E-state index in [0.29, 0.717) is 29.6 Å². The summed E-state index contributed by atoms with van der Waals surface area (Å²) in [5.41, 5.74) is 0.663. The molecule has 0 saturated carbocycles. The van der Waals surface area contributed by atoms with E-state index in [2.05, 4.69) is 5.32 Å². The Labute approximate surface area is 136 Å². The van der Waals surface area contributed by atoms with Crippen molar-refractivity contribution < 1.29 is 9.59 Å². The van der Waals surface area contributed by atoms with Crippen LogP contribution in [0.3, 0.4) is 0 Å². The molecule has 5 heteroatoms. The second-order valence-electron chi connectivity index (χ2n) is 6.17. The average molecular weight is 323 g/mol. The highest BCUT2D eigenvalue weighted by Gasteiger charge is 2.24. The third-order valence-corrected chi connectivity index (χ3v) is 4.24. The molecule has 1 aromatic carbocycles. The topological polar surface area (TPSA) is 49.4 Å². The molecule has 1 aliphatic heterocycles. The summed E-state index contributed by atoms with van der Waals surface area (Å²) in [5.74, 6) is 0.431. The Morgan fingerprint density at radius 3 is 2.64 bits per heavy atom. The Kier molecular flexibility index (Phi) is 5.83. The monoisotopic (exact) mass is 322 g/mol. The van der Waals surface area contributed by atoms with Gasteiger partial charge in [-0.1, -0.05) is 25.4 Å². The Hall–Kier alpha value is -1.55. The summed E-state index contributed by atoms with van der Waals surface area (Å²) in [6.07, 6.45) is 2.02. The number of rotatable bonds is 4. The lowest BCUT2D eigenvalue weighted by molar-refractivity contribution is -0.124. The summed E-state index contributed by atoms with van der Waals surface area (Å²) >= 11 is 5.86. The van der Waals surface area contributed by atoms with Crippen molar-refractivity contribution in [2.75, 3.05) is 19.6 Å². The van der Waals surface area contributed by atoms with Gasteiger partial charge in [0.05, 0.1) is 0 Å². The summed E-state index contributed by atoms with van der Waals surface area (Å²) in [5, 5.41) is 3.59. The summed E-state index contributed by atoms with van der Waals surface area (Å²) in [6.45, 7) is 5.87. The molecule has 1 atom stereocenters. The Morgan fingerprint density at radius 1 is 1.32 bits per heavy atom. The van der Waals surface area contributed by atoms with E-state index < -0.39 is 0 Å². The van der Waals surface area contributed by atoms with Gasteiger partial charge in [-0.25, -0.2) is 0 Å². The number of halogens is 1. The fourth-order valence-electron chi connectivity index (χ4n) is 2.64. The first kappa shape index (κ1) is 16.8. The molecule has 0 aliphatic carbocycles. The van der Waals surface area contributed by atoms with Crippen molar-refractivity contribution in [1.82, 2.24) is 10.2 Å². The molecule has 0 radical (unpaired) electrons. The van der Waals surface area contributed by atoms with E-state index in [1.54, 1.807) is 24.3 Å². The number of amides is 2.